The van der Waals surface area contributed by atoms with Gasteiger partial charge in [0.2, 0.25) is 5.91 Å². The standard InChI is InChI=1S/C23H24N2O/c1-2-12-22(26)24-25-23(19-13-6-3-7-14-19,20-15-8-4-9-16-20)21-17-10-5-11-18-21/h3-11,13-18,25H,2,12H2,1H3,(H,24,26). The lowest BCUT2D eigenvalue weighted by atomic mass is 9.77. The lowest BCUT2D eigenvalue weighted by Gasteiger charge is -2.37. The molecule has 26 heavy (non-hydrogen) atoms. The molecule has 3 aromatic rings. The lowest BCUT2D eigenvalue weighted by Crippen LogP contribution is -2.53. The number of hydrogen-bond donors (Lipinski definition) is 2. The van der Waals surface area contributed by atoms with Gasteiger partial charge in [-0.25, -0.2) is 5.43 Å². The van der Waals surface area contributed by atoms with E-state index in [1.807, 2.05) is 61.5 Å². The molecule has 1 amide bonds. The summed E-state index contributed by atoms with van der Waals surface area (Å²) in [6.45, 7) is 2.00. The quantitative estimate of drug-likeness (QED) is 0.493. The minimum absolute atomic E-state index is 0.0142. The van der Waals surface area contributed by atoms with Crippen LogP contribution in [0.2, 0.25) is 0 Å². The van der Waals surface area contributed by atoms with Crippen molar-refractivity contribution in [2.24, 2.45) is 0 Å². The van der Waals surface area contributed by atoms with Crippen molar-refractivity contribution in [1.29, 1.82) is 0 Å². The van der Waals surface area contributed by atoms with Crippen LogP contribution in [0, 0.1) is 0 Å². The molecule has 0 spiro atoms. The van der Waals surface area contributed by atoms with Crippen LogP contribution in [0.1, 0.15) is 36.5 Å². The molecule has 0 aliphatic rings. The first-order chi connectivity index (χ1) is 12.8. The predicted octanol–water partition coefficient (Wildman–Crippen LogP) is 4.40. The van der Waals surface area contributed by atoms with Crippen LogP contribution < -0.4 is 10.9 Å². The average molecular weight is 344 g/mol. The van der Waals surface area contributed by atoms with Crippen LogP contribution in [0.25, 0.3) is 0 Å². The van der Waals surface area contributed by atoms with E-state index in [1.54, 1.807) is 0 Å². The summed E-state index contributed by atoms with van der Waals surface area (Å²) in [6, 6.07) is 30.6. The SMILES string of the molecule is CCCC(=O)NNC(c1ccccc1)(c1ccccc1)c1ccccc1. The highest BCUT2D eigenvalue weighted by Gasteiger charge is 2.36. The van der Waals surface area contributed by atoms with E-state index in [2.05, 4.69) is 47.2 Å². The highest BCUT2D eigenvalue weighted by atomic mass is 16.2. The van der Waals surface area contributed by atoms with E-state index in [0.29, 0.717) is 6.42 Å². The molecule has 3 nitrogen and oxygen atoms in total. The number of rotatable bonds is 7. The van der Waals surface area contributed by atoms with E-state index in [4.69, 9.17) is 0 Å². The van der Waals surface area contributed by atoms with Gasteiger partial charge in [0.1, 0.15) is 5.54 Å². The van der Waals surface area contributed by atoms with E-state index in [-0.39, 0.29) is 5.91 Å². The molecule has 0 atom stereocenters. The molecule has 0 aromatic heterocycles. The summed E-state index contributed by atoms with van der Waals surface area (Å²) in [4.78, 5) is 12.2. The van der Waals surface area contributed by atoms with Crippen molar-refractivity contribution < 1.29 is 4.79 Å². The van der Waals surface area contributed by atoms with Gasteiger partial charge in [0.05, 0.1) is 0 Å². The first kappa shape index (κ1) is 17.9. The van der Waals surface area contributed by atoms with Crippen LogP contribution >= 0.6 is 0 Å². The first-order valence-electron chi connectivity index (χ1n) is 9.00. The van der Waals surface area contributed by atoms with Crippen molar-refractivity contribution in [3.8, 4) is 0 Å². The maximum Gasteiger partial charge on any atom is 0.234 e. The number of nitrogens with one attached hydrogen (secondary N) is 2. The summed E-state index contributed by atoms with van der Waals surface area (Å²) in [6.07, 6.45) is 1.30. The minimum Gasteiger partial charge on any atom is -0.290 e. The third-order valence-electron chi connectivity index (χ3n) is 4.49. The van der Waals surface area contributed by atoms with Crippen molar-refractivity contribution in [2.75, 3.05) is 0 Å². The minimum atomic E-state index is -0.673. The molecule has 0 bridgehead atoms. The zero-order valence-corrected chi connectivity index (χ0v) is 15.0. The summed E-state index contributed by atoms with van der Waals surface area (Å²) < 4.78 is 0. The van der Waals surface area contributed by atoms with E-state index in [0.717, 1.165) is 23.1 Å². The number of benzene rings is 3. The van der Waals surface area contributed by atoms with Crippen LogP contribution in [0.4, 0.5) is 0 Å². The topological polar surface area (TPSA) is 41.1 Å². The second-order valence-corrected chi connectivity index (χ2v) is 6.27. The molecule has 0 aliphatic carbocycles. The van der Waals surface area contributed by atoms with Crippen molar-refractivity contribution in [3.63, 3.8) is 0 Å². The maximum atomic E-state index is 12.2. The Kier molecular flexibility index (Phi) is 5.82. The Balaban J connectivity index is 2.16. The fourth-order valence-electron chi connectivity index (χ4n) is 3.23. The molecule has 0 saturated carbocycles. The number of hydrogen-bond acceptors (Lipinski definition) is 2. The molecule has 0 aliphatic heterocycles. The Hall–Kier alpha value is -2.91. The third kappa shape index (κ3) is 3.68. The molecule has 0 unspecified atom stereocenters. The second-order valence-electron chi connectivity index (χ2n) is 6.27. The van der Waals surface area contributed by atoms with Gasteiger partial charge < -0.3 is 0 Å². The van der Waals surface area contributed by atoms with Gasteiger partial charge in [-0.15, -0.1) is 0 Å². The van der Waals surface area contributed by atoms with Gasteiger partial charge in [-0.3, -0.25) is 10.2 Å². The smallest absolute Gasteiger partial charge is 0.234 e. The highest BCUT2D eigenvalue weighted by molar-refractivity contribution is 5.75. The molecule has 0 fully saturated rings. The summed E-state index contributed by atoms with van der Waals surface area (Å²) >= 11 is 0. The zero-order valence-electron chi connectivity index (χ0n) is 15.0. The van der Waals surface area contributed by atoms with Crippen LogP contribution in [-0.4, -0.2) is 5.91 Å². The van der Waals surface area contributed by atoms with Crippen molar-refractivity contribution in [3.05, 3.63) is 108 Å². The molecule has 0 radical (unpaired) electrons. The molecular weight excluding hydrogens is 320 g/mol. The maximum absolute atomic E-state index is 12.2. The molecule has 3 rings (SSSR count). The summed E-state index contributed by atoms with van der Waals surface area (Å²) in [5, 5.41) is 0. The fraction of sp³-hybridized carbons (Fsp3) is 0.174. The third-order valence-corrected chi connectivity index (χ3v) is 4.49. The van der Waals surface area contributed by atoms with Crippen LogP contribution in [0.5, 0.6) is 0 Å². The normalized spacial score (nSPS) is 11.1. The van der Waals surface area contributed by atoms with Gasteiger partial charge in [0, 0.05) is 6.42 Å². The average Bonchev–Trinajstić information content (AvgIpc) is 2.71. The summed E-state index contributed by atoms with van der Waals surface area (Å²) in [7, 11) is 0. The number of carbonyl (C=O) groups excluding carboxylic acids is 1. The van der Waals surface area contributed by atoms with E-state index in [1.165, 1.54) is 0 Å². The molecule has 0 saturated heterocycles. The second kappa shape index (κ2) is 8.45. The highest BCUT2D eigenvalue weighted by Crippen LogP contribution is 2.36. The van der Waals surface area contributed by atoms with Gasteiger partial charge in [0.15, 0.2) is 0 Å². The lowest BCUT2D eigenvalue weighted by molar-refractivity contribution is -0.122. The Labute approximate surface area is 155 Å². The van der Waals surface area contributed by atoms with E-state index < -0.39 is 5.54 Å². The van der Waals surface area contributed by atoms with Crippen LogP contribution in [-0.2, 0) is 10.3 Å². The Morgan fingerprint density at radius 2 is 1.12 bits per heavy atom. The number of carbonyl (C=O) groups is 1. The van der Waals surface area contributed by atoms with Gasteiger partial charge in [-0.1, -0.05) is 97.9 Å². The largest absolute Gasteiger partial charge is 0.290 e. The van der Waals surface area contributed by atoms with Gasteiger partial charge >= 0.3 is 0 Å². The predicted molar refractivity (Wildman–Crippen MR) is 105 cm³/mol. The molecule has 3 heteroatoms. The van der Waals surface area contributed by atoms with Gasteiger partial charge in [-0.2, -0.15) is 0 Å². The molecule has 3 aromatic carbocycles. The van der Waals surface area contributed by atoms with Crippen molar-refractivity contribution >= 4 is 5.91 Å². The first-order valence-corrected chi connectivity index (χ1v) is 9.00. The van der Waals surface area contributed by atoms with E-state index >= 15 is 0 Å². The fourth-order valence-corrected chi connectivity index (χ4v) is 3.23. The van der Waals surface area contributed by atoms with Crippen molar-refractivity contribution in [2.45, 2.75) is 25.3 Å². The monoisotopic (exact) mass is 344 g/mol. The van der Waals surface area contributed by atoms with Gasteiger partial charge in [-0.05, 0) is 23.1 Å². The number of hydrazine groups is 1. The van der Waals surface area contributed by atoms with Crippen LogP contribution in [0.15, 0.2) is 91.0 Å². The Bertz CT molecular complexity index is 720. The van der Waals surface area contributed by atoms with Crippen LogP contribution in [0.3, 0.4) is 0 Å². The Morgan fingerprint density at radius 1 is 0.731 bits per heavy atom. The summed E-state index contributed by atoms with van der Waals surface area (Å²) in [5.41, 5.74) is 8.82. The zero-order chi connectivity index (χ0) is 18.2. The molecular formula is C23H24N2O. The molecule has 2 N–H and O–H groups in total. The Morgan fingerprint density at radius 3 is 1.46 bits per heavy atom. The van der Waals surface area contributed by atoms with Crippen molar-refractivity contribution in [1.82, 2.24) is 10.9 Å². The number of amides is 1. The summed E-state index contributed by atoms with van der Waals surface area (Å²) in [5.74, 6) is -0.0142. The molecule has 132 valence electrons. The van der Waals surface area contributed by atoms with E-state index in [9.17, 15) is 4.79 Å². The molecule has 0 heterocycles. The van der Waals surface area contributed by atoms with Gasteiger partial charge in [0.25, 0.3) is 0 Å².